The summed E-state index contributed by atoms with van der Waals surface area (Å²) in [5.74, 6) is 1.43. The van der Waals surface area contributed by atoms with Crippen molar-refractivity contribution in [3.05, 3.63) is 56.6 Å². The molecule has 1 aliphatic carbocycles. The Labute approximate surface area is 171 Å². The van der Waals surface area contributed by atoms with Gasteiger partial charge in [0, 0.05) is 29.0 Å². The van der Waals surface area contributed by atoms with E-state index in [1.807, 2.05) is 18.2 Å². The number of halogens is 1. The van der Waals surface area contributed by atoms with Gasteiger partial charge in [0.1, 0.15) is 0 Å². The molecule has 0 aliphatic heterocycles. The van der Waals surface area contributed by atoms with Gasteiger partial charge in [-0.05, 0) is 43.4 Å². The number of thiazole rings is 1. The molecule has 0 unspecified atom stereocenters. The Balaban J connectivity index is 1.64. The zero-order valence-electron chi connectivity index (χ0n) is 15.4. The molecule has 0 atom stereocenters. The Morgan fingerprint density at radius 3 is 2.71 bits per heavy atom. The first-order chi connectivity index (χ1) is 13.6. The molecule has 0 N–H and O–H groups in total. The van der Waals surface area contributed by atoms with Gasteiger partial charge in [-0.15, -0.1) is 11.3 Å². The minimum absolute atomic E-state index is 0.229. The number of hydrogen-bond donors (Lipinski definition) is 0. The third-order valence-corrected chi connectivity index (χ3v) is 5.90. The number of ether oxygens (including phenoxy) is 2. The fraction of sp³-hybridized carbons (Fsp3) is 0.350. The van der Waals surface area contributed by atoms with Gasteiger partial charge in [-0.25, -0.2) is 14.8 Å². The van der Waals surface area contributed by atoms with E-state index in [0.717, 1.165) is 34.6 Å². The van der Waals surface area contributed by atoms with Crippen LogP contribution < -0.4 is 15.2 Å². The second kappa shape index (κ2) is 8.32. The summed E-state index contributed by atoms with van der Waals surface area (Å²) in [6.45, 7) is 0.381. The highest BCUT2D eigenvalue weighted by Crippen LogP contribution is 2.35. The molecule has 0 saturated heterocycles. The lowest BCUT2D eigenvalue weighted by Gasteiger charge is -2.17. The summed E-state index contributed by atoms with van der Waals surface area (Å²) < 4.78 is 13.6. The number of hydrogen-bond acceptors (Lipinski definition) is 6. The predicted octanol–water partition coefficient (Wildman–Crippen LogP) is 4.40. The third-order valence-electron chi connectivity index (χ3n) is 4.80. The van der Waals surface area contributed by atoms with Gasteiger partial charge in [-0.1, -0.05) is 17.7 Å². The van der Waals surface area contributed by atoms with E-state index >= 15 is 0 Å². The topological polar surface area (TPSA) is 66.2 Å². The zero-order chi connectivity index (χ0) is 19.5. The molecule has 1 aromatic carbocycles. The third kappa shape index (κ3) is 4.20. The Hall–Kier alpha value is -2.38. The number of aromatic nitrogens is 3. The van der Waals surface area contributed by atoms with Crippen LogP contribution in [-0.4, -0.2) is 27.7 Å². The summed E-state index contributed by atoms with van der Waals surface area (Å²) in [5, 5.41) is 0. The molecule has 1 aliphatic rings. The van der Waals surface area contributed by atoms with E-state index < -0.39 is 0 Å². The van der Waals surface area contributed by atoms with Crippen molar-refractivity contribution in [3.8, 4) is 22.6 Å². The molecular formula is C20H20ClN3O3S. The largest absolute Gasteiger partial charge is 0.493 e. The van der Waals surface area contributed by atoms with E-state index in [9.17, 15) is 4.79 Å². The van der Waals surface area contributed by atoms with Crippen molar-refractivity contribution in [1.82, 2.24) is 14.5 Å². The Bertz CT molecular complexity index is 1030. The first-order valence-electron chi connectivity index (χ1n) is 9.14. The molecule has 4 rings (SSSR count). The lowest BCUT2D eigenvalue weighted by molar-refractivity contribution is 0.201. The highest BCUT2D eigenvalue weighted by atomic mass is 35.5. The Morgan fingerprint density at radius 1 is 1.18 bits per heavy atom. The molecule has 3 aromatic rings. The van der Waals surface area contributed by atoms with Crippen LogP contribution in [0.5, 0.6) is 11.5 Å². The lowest BCUT2D eigenvalue weighted by atomic mass is 10.1. The van der Waals surface area contributed by atoms with Gasteiger partial charge < -0.3 is 9.47 Å². The number of benzene rings is 1. The van der Waals surface area contributed by atoms with Crippen LogP contribution in [0.25, 0.3) is 11.1 Å². The van der Waals surface area contributed by atoms with Gasteiger partial charge in [0.25, 0.3) is 0 Å². The van der Waals surface area contributed by atoms with Crippen LogP contribution in [0.1, 0.15) is 30.6 Å². The summed E-state index contributed by atoms with van der Waals surface area (Å²) in [7, 11) is 1.64. The predicted molar refractivity (Wildman–Crippen MR) is 110 cm³/mol. The van der Waals surface area contributed by atoms with Crippen molar-refractivity contribution >= 4 is 22.9 Å². The molecule has 8 heteroatoms. The van der Waals surface area contributed by atoms with Crippen molar-refractivity contribution in [2.45, 2.75) is 38.3 Å². The summed E-state index contributed by atoms with van der Waals surface area (Å²) in [6, 6.07) is 5.78. The SMILES string of the molecule is COc1ccc(-c2cnc(=O)n(Cc3cnc(Cl)s3)c2)cc1OC1CCCC1. The molecule has 1 fully saturated rings. The van der Waals surface area contributed by atoms with Gasteiger partial charge in [-0.2, -0.15) is 0 Å². The molecule has 0 bridgehead atoms. The minimum Gasteiger partial charge on any atom is -0.493 e. The summed E-state index contributed by atoms with van der Waals surface area (Å²) in [5.41, 5.74) is 1.43. The fourth-order valence-corrected chi connectivity index (χ4v) is 4.35. The minimum atomic E-state index is -0.316. The number of nitrogens with zero attached hydrogens (tertiary/aromatic N) is 3. The van der Waals surface area contributed by atoms with Crippen LogP contribution in [0, 0.1) is 0 Å². The van der Waals surface area contributed by atoms with Gasteiger partial charge in [0.15, 0.2) is 16.0 Å². The first kappa shape index (κ1) is 19.0. The summed E-state index contributed by atoms with van der Waals surface area (Å²) in [6.07, 6.45) is 9.81. The van der Waals surface area contributed by atoms with E-state index in [-0.39, 0.29) is 11.8 Å². The standard InChI is InChI=1S/C20H20ClN3O3S/c1-26-17-7-6-13(8-18(17)27-15-4-2-3-5-15)14-9-23-20(25)24(11-14)12-16-10-22-19(21)28-16/h6-11,15H,2-5,12H2,1H3. The molecule has 28 heavy (non-hydrogen) atoms. The van der Waals surface area contributed by atoms with Crippen LogP contribution in [0.3, 0.4) is 0 Å². The summed E-state index contributed by atoms with van der Waals surface area (Å²) >= 11 is 7.24. The molecule has 6 nitrogen and oxygen atoms in total. The Morgan fingerprint density at radius 2 is 2.00 bits per heavy atom. The molecule has 1 saturated carbocycles. The summed E-state index contributed by atoms with van der Waals surface area (Å²) in [4.78, 5) is 21.1. The average Bonchev–Trinajstić information content (AvgIpc) is 3.35. The first-order valence-corrected chi connectivity index (χ1v) is 10.3. The molecule has 0 radical (unpaired) electrons. The number of rotatable bonds is 6. The maximum absolute atomic E-state index is 12.2. The highest BCUT2D eigenvalue weighted by molar-refractivity contribution is 7.15. The van der Waals surface area contributed by atoms with E-state index in [2.05, 4.69) is 9.97 Å². The van der Waals surface area contributed by atoms with Gasteiger partial charge >= 0.3 is 5.69 Å². The van der Waals surface area contributed by atoms with Crippen molar-refractivity contribution in [3.63, 3.8) is 0 Å². The van der Waals surface area contributed by atoms with Crippen LogP contribution in [0.2, 0.25) is 4.47 Å². The smallest absolute Gasteiger partial charge is 0.347 e. The van der Waals surface area contributed by atoms with Crippen LogP contribution in [-0.2, 0) is 6.54 Å². The van der Waals surface area contributed by atoms with E-state index in [1.54, 1.807) is 30.3 Å². The normalized spacial score (nSPS) is 14.4. The van der Waals surface area contributed by atoms with Crippen molar-refractivity contribution < 1.29 is 9.47 Å². The van der Waals surface area contributed by atoms with Gasteiger partial charge in [0.05, 0.1) is 19.8 Å². The monoisotopic (exact) mass is 417 g/mol. The molecule has 0 amide bonds. The van der Waals surface area contributed by atoms with E-state index in [4.69, 9.17) is 21.1 Å². The van der Waals surface area contributed by atoms with Gasteiger partial charge in [-0.3, -0.25) is 4.57 Å². The lowest BCUT2D eigenvalue weighted by Crippen LogP contribution is -2.22. The number of methoxy groups -OCH3 is 1. The second-order valence-electron chi connectivity index (χ2n) is 6.72. The van der Waals surface area contributed by atoms with Crippen molar-refractivity contribution in [1.29, 1.82) is 0 Å². The molecule has 2 heterocycles. The Kier molecular flexibility index (Phi) is 5.64. The average molecular weight is 418 g/mol. The molecular weight excluding hydrogens is 398 g/mol. The van der Waals surface area contributed by atoms with E-state index in [0.29, 0.717) is 16.8 Å². The van der Waals surface area contributed by atoms with E-state index in [1.165, 1.54) is 24.2 Å². The quantitative estimate of drug-likeness (QED) is 0.594. The molecule has 146 valence electrons. The maximum Gasteiger partial charge on any atom is 0.347 e. The highest BCUT2D eigenvalue weighted by Gasteiger charge is 2.19. The van der Waals surface area contributed by atoms with Crippen LogP contribution in [0.15, 0.2) is 41.6 Å². The van der Waals surface area contributed by atoms with Gasteiger partial charge in [0.2, 0.25) is 0 Å². The fourth-order valence-electron chi connectivity index (χ4n) is 3.38. The maximum atomic E-state index is 12.2. The van der Waals surface area contributed by atoms with Crippen molar-refractivity contribution in [2.75, 3.05) is 7.11 Å². The van der Waals surface area contributed by atoms with Crippen LogP contribution >= 0.6 is 22.9 Å². The van der Waals surface area contributed by atoms with Crippen molar-refractivity contribution in [2.24, 2.45) is 0 Å². The molecule has 2 aromatic heterocycles. The van der Waals surface area contributed by atoms with Crippen LogP contribution in [0.4, 0.5) is 0 Å². The zero-order valence-corrected chi connectivity index (χ0v) is 17.0. The second-order valence-corrected chi connectivity index (χ2v) is 8.42. The molecule has 0 spiro atoms.